The van der Waals surface area contributed by atoms with Crippen molar-refractivity contribution < 1.29 is 9.90 Å². The van der Waals surface area contributed by atoms with Crippen LogP contribution in [0.25, 0.3) is 11.4 Å². The van der Waals surface area contributed by atoms with Gasteiger partial charge in [-0.2, -0.15) is 0 Å². The van der Waals surface area contributed by atoms with Gasteiger partial charge < -0.3 is 10.4 Å². The summed E-state index contributed by atoms with van der Waals surface area (Å²) in [6.45, 7) is 1.94. The monoisotopic (exact) mass is 340 g/mol. The number of nitrogens with one attached hydrogen (secondary N) is 2. The molecule has 0 aliphatic rings. The maximum absolute atomic E-state index is 12.0. The van der Waals surface area contributed by atoms with Crippen LogP contribution in [-0.4, -0.2) is 31.9 Å². The third kappa shape index (κ3) is 3.75. The first kappa shape index (κ1) is 16.1. The van der Waals surface area contributed by atoms with E-state index in [-0.39, 0.29) is 17.4 Å². The number of hydrogen-bond donors (Lipinski definition) is 3. The zero-order valence-electron chi connectivity index (χ0n) is 13.0. The number of phenolic OH excluding ortho intramolecular Hbond substituents is 1. The summed E-state index contributed by atoms with van der Waals surface area (Å²) >= 11 is 1.23. The van der Waals surface area contributed by atoms with Gasteiger partial charge in [0.15, 0.2) is 5.82 Å². The number of phenols is 1. The van der Waals surface area contributed by atoms with Gasteiger partial charge in [-0.15, -0.1) is 5.10 Å². The lowest BCUT2D eigenvalue weighted by Gasteiger charge is -2.06. The predicted octanol–water partition coefficient (Wildman–Crippen LogP) is 3.22. The summed E-state index contributed by atoms with van der Waals surface area (Å²) < 4.78 is 0. The molecule has 3 rings (SSSR count). The van der Waals surface area contributed by atoms with E-state index in [0.29, 0.717) is 16.5 Å². The fourth-order valence-corrected chi connectivity index (χ4v) is 2.73. The van der Waals surface area contributed by atoms with Crippen LogP contribution in [0.5, 0.6) is 5.75 Å². The molecule has 122 valence electrons. The van der Waals surface area contributed by atoms with Gasteiger partial charge in [0, 0.05) is 5.69 Å². The summed E-state index contributed by atoms with van der Waals surface area (Å²) in [4.78, 5) is 16.3. The van der Waals surface area contributed by atoms with Gasteiger partial charge >= 0.3 is 0 Å². The molecule has 6 nitrogen and oxygen atoms in total. The van der Waals surface area contributed by atoms with Gasteiger partial charge in [-0.1, -0.05) is 42.1 Å². The van der Waals surface area contributed by atoms with Gasteiger partial charge in [0.1, 0.15) is 5.75 Å². The van der Waals surface area contributed by atoms with Crippen LogP contribution in [0.3, 0.4) is 0 Å². The molecule has 1 aromatic heterocycles. The Morgan fingerprint density at radius 2 is 1.96 bits per heavy atom. The van der Waals surface area contributed by atoms with Crippen molar-refractivity contribution >= 4 is 23.4 Å². The van der Waals surface area contributed by atoms with Crippen LogP contribution in [0.1, 0.15) is 5.56 Å². The van der Waals surface area contributed by atoms with Crippen molar-refractivity contribution in [2.24, 2.45) is 0 Å². The predicted molar refractivity (Wildman–Crippen MR) is 94.0 cm³/mol. The number of aromatic nitrogens is 3. The largest absolute Gasteiger partial charge is 0.507 e. The van der Waals surface area contributed by atoms with Crippen molar-refractivity contribution in [1.82, 2.24) is 15.2 Å². The second kappa shape index (κ2) is 7.18. The van der Waals surface area contributed by atoms with Crippen LogP contribution in [0.4, 0.5) is 5.69 Å². The molecule has 3 aromatic rings. The van der Waals surface area contributed by atoms with E-state index in [2.05, 4.69) is 20.5 Å². The molecule has 0 unspecified atom stereocenters. The molecule has 0 atom stereocenters. The van der Waals surface area contributed by atoms with Gasteiger partial charge in [-0.05, 0) is 30.7 Å². The molecule has 0 aliphatic heterocycles. The second-order valence-corrected chi connectivity index (χ2v) is 6.08. The highest BCUT2D eigenvalue weighted by Gasteiger charge is 2.11. The smallest absolute Gasteiger partial charge is 0.234 e. The summed E-state index contributed by atoms with van der Waals surface area (Å²) in [7, 11) is 0. The Bertz CT molecular complexity index is 863. The van der Waals surface area contributed by atoms with E-state index in [0.717, 1.165) is 11.3 Å². The van der Waals surface area contributed by atoms with Gasteiger partial charge in [-0.25, -0.2) is 4.98 Å². The number of aryl methyl sites for hydroxylation is 1. The highest BCUT2D eigenvalue weighted by molar-refractivity contribution is 7.99. The van der Waals surface area contributed by atoms with E-state index in [1.165, 1.54) is 11.8 Å². The molecule has 0 bridgehead atoms. The Morgan fingerprint density at radius 1 is 1.21 bits per heavy atom. The fraction of sp³-hybridized carbons (Fsp3) is 0.118. The first-order chi connectivity index (χ1) is 11.6. The number of nitrogens with zero attached hydrogens (tertiary/aromatic N) is 2. The molecule has 1 heterocycles. The fourth-order valence-electron chi connectivity index (χ4n) is 2.13. The molecule has 3 N–H and O–H groups in total. The SMILES string of the molecule is Cc1ccccc1NC(=O)CSc1n[nH]c(-c2ccccc2O)n1. The molecule has 0 saturated carbocycles. The molecule has 0 fully saturated rings. The van der Waals surface area contributed by atoms with Gasteiger partial charge in [0.2, 0.25) is 11.1 Å². The third-order valence-electron chi connectivity index (χ3n) is 3.38. The van der Waals surface area contributed by atoms with Crippen molar-refractivity contribution in [3.05, 3.63) is 54.1 Å². The second-order valence-electron chi connectivity index (χ2n) is 5.14. The summed E-state index contributed by atoms with van der Waals surface area (Å²) in [6.07, 6.45) is 0. The number of hydrogen-bond acceptors (Lipinski definition) is 5. The number of H-pyrrole nitrogens is 1. The normalized spacial score (nSPS) is 10.5. The van der Waals surface area contributed by atoms with E-state index >= 15 is 0 Å². The minimum atomic E-state index is -0.122. The van der Waals surface area contributed by atoms with Crippen LogP contribution in [0.15, 0.2) is 53.7 Å². The van der Waals surface area contributed by atoms with E-state index in [4.69, 9.17) is 0 Å². The zero-order chi connectivity index (χ0) is 16.9. The van der Waals surface area contributed by atoms with E-state index in [9.17, 15) is 9.90 Å². The molecule has 0 spiro atoms. The number of amides is 1. The summed E-state index contributed by atoms with van der Waals surface area (Å²) in [5, 5.41) is 20.0. The zero-order valence-corrected chi connectivity index (χ0v) is 13.8. The standard InChI is InChI=1S/C17H16N4O2S/c1-11-6-2-4-8-13(11)18-15(23)10-24-17-19-16(20-21-17)12-7-3-5-9-14(12)22/h2-9,22H,10H2,1H3,(H,18,23)(H,19,20,21). The van der Waals surface area contributed by atoms with Gasteiger partial charge in [0.05, 0.1) is 11.3 Å². The van der Waals surface area contributed by atoms with Crippen molar-refractivity contribution in [3.8, 4) is 17.1 Å². The number of thioether (sulfide) groups is 1. The van der Waals surface area contributed by atoms with E-state index in [1.807, 2.05) is 31.2 Å². The Hall–Kier alpha value is -2.80. The average molecular weight is 340 g/mol. The molecule has 1 amide bonds. The molecule has 24 heavy (non-hydrogen) atoms. The maximum Gasteiger partial charge on any atom is 0.234 e. The van der Waals surface area contributed by atoms with Crippen molar-refractivity contribution in [2.75, 3.05) is 11.1 Å². The first-order valence-corrected chi connectivity index (χ1v) is 8.31. The van der Waals surface area contributed by atoms with Crippen LogP contribution in [0.2, 0.25) is 0 Å². The quantitative estimate of drug-likeness (QED) is 0.620. The van der Waals surface area contributed by atoms with Crippen LogP contribution in [0, 0.1) is 6.92 Å². The van der Waals surface area contributed by atoms with E-state index in [1.54, 1.807) is 24.3 Å². The topological polar surface area (TPSA) is 90.9 Å². The lowest BCUT2D eigenvalue weighted by Crippen LogP contribution is -2.14. The number of rotatable bonds is 5. The number of aromatic amines is 1. The Balaban J connectivity index is 1.61. The highest BCUT2D eigenvalue weighted by Crippen LogP contribution is 2.27. The molecule has 0 radical (unpaired) electrons. The maximum atomic E-state index is 12.0. The molecular weight excluding hydrogens is 324 g/mol. The Kier molecular flexibility index (Phi) is 4.81. The molecule has 2 aromatic carbocycles. The summed E-state index contributed by atoms with van der Waals surface area (Å²) in [6, 6.07) is 14.5. The number of para-hydroxylation sites is 2. The van der Waals surface area contributed by atoms with Gasteiger partial charge in [-0.3, -0.25) is 9.89 Å². The van der Waals surface area contributed by atoms with Crippen LogP contribution in [-0.2, 0) is 4.79 Å². The van der Waals surface area contributed by atoms with Crippen LogP contribution < -0.4 is 5.32 Å². The lowest BCUT2D eigenvalue weighted by molar-refractivity contribution is -0.113. The number of aromatic hydroxyl groups is 1. The molecule has 0 saturated heterocycles. The number of anilines is 1. The number of carbonyl (C=O) groups is 1. The number of carbonyl (C=O) groups excluding carboxylic acids is 1. The Morgan fingerprint density at radius 3 is 2.75 bits per heavy atom. The summed E-state index contributed by atoms with van der Waals surface area (Å²) in [5.41, 5.74) is 2.38. The third-order valence-corrected chi connectivity index (χ3v) is 4.22. The summed E-state index contributed by atoms with van der Waals surface area (Å²) in [5.74, 6) is 0.674. The Labute approximate surface area is 143 Å². The van der Waals surface area contributed by atoms with Crippen LogP contribution >= 0.6 is 11.8 Å². The molecule has 7 heteroatoms. The minimum absolute atomic E-state index is 0.122. The highest BCUT2D eigenvalue weighted by atomic mass is 32.2. The van der Waals surface area contributed by atoms with Gasteiger partial charge in [0.25, 0.3) is 0 Å². The lowest BCUT2D eigenvalue weighted by atomic mass is 10.2. The first-order valence-electron chi connectivity index (χ1n) is 7.32. The van der Waals surface area contributed by atoms with E-state index < -0.39 is 0 Å². The van der Waals surface area contributed by atoms with Crippen molar-refractivity contribution in [1.29, 1.82) is 0 Å². The van der Waals surface area contributed by atoms with Crippen molar-refractivity contribution in [3.63, 3.8) is 0 Å². The minimum Gasteiger partial charge on any atom is -0.507 e. The van der Waals surface area contributed by atoms with Crippen molar-refractivity contribution in [2.45, 2.75) is 12.1 Å². The average Bonchev–Trinajstić information content (AvgIpc) is 3.04. The number of benzene rings is 2. The molecule has 0 aliphatic carbocycles. The molecular formula is C17H16N4O2S.